The third-order valence-electron chi connectivity index (χ3n) is 8.28. The van der Waals surface area contributed by atoms with E-state index in [1.165, 1.54) is 4.90 Å². The van der Waals surface area contributed by atoms with Crippen LogP contribution in [0.4, 0.5) is 19.3 Å². The molecule has 4 heterocycles. The fourth-order valence-corrected chi connectivity index (χ4v) is 6.07. The Morgan fingerprint density at radius 2 is 1.76 bits per heavy atom. The van der Waals surface area contributed by atoms with Crippen LogP contribution in [0.25, 0.3) is 10.9 Å². The van der Waals surface area contributed by atoms with E-state index in [1.54, 1.807) is 11.6 Å². The third-order valence-corrected chi connectivity index (χ3v) is 8.28. The van der Waals surface area contributed by atoms with Crippen LogP contribution in [0.3, 0.4) is 0 Å². The summed E-state index contributed by atoms with van der Waals surface area (Å²) >= 11 is 0. The van der Waals surface area contributed by atoms with E-state index in [2.05, 4.69) is 15.3 Å². The molecule has 11 heteroatoms. The molecule has 0 saturated carbocycles. The molecule has 3 aliphatic heterocycles. The van der Waals surface area contributed by atoms with Crippen LogP contribution < -0.4 is 10.2 Å². The number of carbonyl (C=O) groups excluding carboxylic acids is 3. The van der Waals surface area contributed by atoms with Crippen LogP contribution in [0.5, 0.6) is 0 Å². The quantitative estimate of drug-likeness (QED) is 0.591. The van der Waals surface area contributed by atoms with Gasteiger partial charge in [0.25, 0.3) is 0 Å². The Morgan fingerprint density at radius 1 is 1.11 bits per heavy atom. The number of fused-ring (bicyclic) bond motifs is 1. The van der Waals surface area contributed by atoms with Gasteiger partial charge in [-0.1, -0.05) is 0 Å². The number of aromatic nitrogens is 2. The van der Waals surface area contributed by atoms with Crippen molar-refractivity contribution in [2.45, 2.75) is 69.1 Å². The summed E-state index contributed by atoms with van der Waals surface area (Å²) < 4.78 is 38.1. The zero-order valence-corrected chi connectivity index (χ0v) is 22.0. The van der Waals surface area contributed by atoms with Crippen molar-refractivity contribution in [2.75, 3.05) is 37.7 Å². The average molecular weight is 532 g/mol. The second kappa shape index (κ2) is 10.1. The standard InChI is InChI=1S/C27H35F2N5O4/c1-3-38-25(37)34-14-10-27(29,11-15-34)17-26(28)8-12-33(13-9-26)18-4-5-19-21(16-18)32(2)31-23(19)20-6-7-22(35)30-24(20)36/h4-5,16,20H,3,6-15,17H2,1-2H3,(H,30,35,36). The number of likely N-dealkylation sites (tertiary alicyclic amines) is 1. The van der Waals surface area contributed by atoms with Crippen LogP contribution in [0.2, 0.25) is 0 Å². The largest absolute Gasteiger partial charge is 0.450 e. The van der Waals surface area contributed by atoms with Crippen LogP contribution in [-0.2, 0) is 21.4 Å². The Morgan fingerprint density at radius 3 is 2.39 bits per heavy atom. The van der Waals surface area contributed by atoms with Crippen LogP contribution in [0.1, 0.15) is 63.5 Å². The normalized spacial score (nSPS) is 23.4. The molecule has 206 valence electrons. The lowest BCUT2D eigenvalue weighted by Gasteiger charge is -2.43. The molecule has 1 N–H and O–H groups in total. The van der Waals surface area contributed by atoms with Crippen molar-refractivity contribution in [3.8, 4) is 0 Å². The highest BCUT2D eigenvalue weighted by atomic mass is 19.2. The van der Waals surface area contributed by atoms with E-state index >= 15 is 8.78 Å². The van der Waals surface area contributed by atoms with Crippen molar-refractivity contribution < 1.29 is 27.9 Å². The summed E-state index contributed by atoms with van der Waals surface area (Å²) in [5.41, 5.74) is -0.777. The van der Waals surface area contributed by atoms with Crippen molar-refractivity contribution in [2.24, 2.45) is 7.05 Å². The molecule has 2 aromatic rings. The second-order valence-corrected chi connectivity index (χ2v) is 10.9. The summed E-state index contributed by atoms with van der Waals surface area (Å²) in [7, 11) is 1.82. The van der Waals surface area contributed by atoms with E-state index in [0.717, 1.165) is 16.6 Å². The maximum Gasteiger partial charge on any atom is 0.409 e. The average Bonchev–Trinajstić information content (AvgIpc) is 3.20. The number of imide groups is 1. The number of alkyl halides is 2. The monoisotopic (exact) mass is 531 g/mol. The van der Waals surface area contributed by atoms with Gasteiger partial charge in [0.2, 0.25) is 11.8 Å². The van der Waals surface area contributed by atoms with Crippen molar-refractivity contribution in [1.82, 2.24) is 20.0 Å². The number of rotatable bonds is 5. The van der Waals surface area contributed by atoms with Gasteiger partial charge in [-0.2, -0.15) is 5.10 Å². The van der Waals surface area contributed by atoms with E-state index in [1.807, 2.05) is 25.2 Å². The minimum atomic E-state index is -1.63. The number of ether oxygens (including phenoxy) is 1. The number of piperidine rings is 3. The maximum absolute atomic E-state index is 15.8. The maximum atomic E-state index is 15.8. The molecular formula is C27H35F2N5O4. The summed E-state index contributed by atoms with van der Waals surface area (Å²) in [6, 6.07) is 5.87. The van der Waals surface area contributed by atoms with Gasteiger partial charge in [-0.05, 0) is 57.2 Å². The molecule has 3 saturated heterocycles. The molecule has 5 rings (SSSR count). The van der Waals surface area contributed by atoms with E-state index in [9.17, 15) is 14.4 Å². The summed E-state index contributed by atoms with van der Waals surface area (Å²) in [5.74, 6) is -1.05. The first kappa shape index (κ1) is 26.4. The lowest BCUT2D eigenvalue weighted by atomic mass is 9.78. The molecule has 3 fully saturated rings. The van der Waals surface area contributed by atoms with Crippen molar-refractivity contribution in [3.63, 3.8) is 0 Å². The highest BCUT2D eigenvalue weighted by molar-refractivity contribution is 6.02. The highest BCUT2D eigenvalue weighted by Gasteiger charge is 2.46. The summed E-state index contributed by atoms with van der Waals surface area (Å²) in [6.45, 7) is 3.41. The Labute approximate surface area is 220 Å². The van der Waals surface area contributed by atoms with Gasteiger partial charge < -0.3 is 14.5 Å². The molecule has 1 unspecified atom stereocenters. The number of hydrogen-bond donors (Lipinski definition) is 1. The molecule has 0 bridgehead atoms. The molecule has 1 aromatic heterocycles. The van der Waals surface area contributed by atoms with E-state index < -0.39 is 23.3 Å². The molecule has 0 radical (unpaired) electrons. The number of anilines is 1. The fourth-order valence-electron chi connectivity index (χ4n) is 6.07. The number of benzene rings is 1. The van der Waals surface area contributed by atoms with Crippen molar-refractivity contribution in [3.05, 3.63) is 23.9 Å². The SMILES string of the molecule is CCOC(=O)N1CCC(F)(CC2(F)CCN(c3ccc4c(C5CCC(=O)NC5=O)nn(C)c4c3)CC2)CC1. The number of nitrogens with zero attached hydrogens (tertiary/aromatic N) is 4. The molecular weight excluding hydrogens is 496 g/mol. The predicted octanol–water partition coefficient (Wildman–Crippen LogP) is 3.75. The Bertz CT molecular complexity index is 1230. The van der Waals surface area contributed by atoms with Gasteiger partial charge in [0.05, 0.1) is 23.7 Å². The first-order valence-electron chi connectivity index (χ1n) is 13.4. The van der Waals surface area contributed by atoms with Crippen LogP contribution >= 0.6 is 0 Å². The minimum Gasteiger partial charge on any atom is -0.450 e. The summed E-state index contributed by atoms with van der Waals surface area (Å²) in [5, 5.41) is 7.84. The highest BCUT2D eigenvalue weighted by Crippen LogP contribution is 2.42. The number of aryl methyl sites for hydroxylation is 1. The zero-order valence-electron chi connectivity index (χ0n) is 22.0. The molecule has 0 aliphatic carbocycles. The molecule has 1 atom stereocenters. The van der Waals surface area contributed by atoms with Gasteiger partial charge >= 0.3 is 6.09 Å². The number of nitrogens with one attached hydrogen (secondary N) is 1. The molecule has 3 aliphatic rings. The van der Waals surface area contributed by atoms with Gasteiger partial charge in [-0.3, -0.25) is 19.6 Å². The fraction of sp³-hybridized carbons (Fsp3) is 0.630. The Hall–Kier alpha value is -3.24. The first-order valence-corrected chi connectivity index (χ1v) is 13.4. The molecule has 3 amide bonds. The minimum absolute atomic E-state index is 0.119. The van der Waals surface area contributed by atoms with Crippen LogP contribution in [-0.4, -0.2) is 76.7 Å². The van der Waals surface area contributed by atoms with Crippen LogP contribution in [0, 0.1) is 0 Å². The van der Waals surface area contributed by atoms with Crippen molar-refractivity contribution in [1.29, 1.82) is 0 Å². The molecule has 9 nitrogen and oxygen atoms in total. The lowest BCUT2D eigenvalue weighted by Crippen LogP contribution is -2.50. The topological polar surface area (TPSA) is 96.8 Å². The van der Waals surface area contributed by atoms with Crippen LogP contribution in [0.15, 0.2) is 18.2 Å². The van der Waals surface area contributed by atoms with Gasteiger partial charge in [-0.25, -0.2) is 13.6 Å². The van der Waals surface area contributed by atoms with Gasteiger partial charge in [0.1, 0.15) is 11.3 Å². The Balaban J connectivity index is 1.22. The predicted molar refractivity (Wildman–Crippen MR) is 137 cm³/mol. The van der Waals surface area contributed by atoms with E-state index in [4.69, 9.17) is 4.74 Å². The number of carbonyl (C=O) groups is 3. The Kier molecular flexibility index (Phi) is 7.04. The second-order valence-electron chi connectivity index (χ2n) is 10.9. The molecule has 0 spiro atoms. The summed E-state index contributed by atoms with van der Waals surface area (Å²) in [4.78, 5) is 39.4. The lowest BCUT2D eigenvalue weighted by molar-refractivity contribution is -0.134. The zero-order chi connectivity index (χ0) is 27.1. The number of halogens is 2. The van der Waals surface area contributed by atoms with Crippen molar-refractivity contribution >= 4 is 34.5 Å². The van der Waals surface area contributed by atoms with Gasteiger partial charge in [-0.15, -0.1) is 0 Å². The van der Waals surface area contributed by atoms with Gasteiger partial charge in [0, 0.05) is 57.1 Å². The van der Waals surface area contributed by atoms with E-state index in [0.29, 0.717) is 25.2 Å². The molecule has 38 heavy (non-hydrogen) atoms. The van der Waals surface area contributed by atoms with E-state index in [-0.39, 0.29) is 70.0 Å². The smallest absolute Gasteiger partial charge is 0.409 e. The molecule has 1 aromatic carbocycles. The number of amides is 3. The summed E-state index contributed by atoms with van der Waals surface area (Å²) in [6.07, 6.45) is 0.820. The first-order chi connectivity index (χ1) is 18.1. The van der Waals surface area contributed by atoms with Gasteiger partial charge in [0.15, 0.2) is 0 Å². The third kappa shape index (κ3) is 5.19. The number of hydrogen-bond acceptors (Lipinski definition) is 6.